The van der Waals surface area contributed by atoms with Crippen molar-refractivity contribution in [3.05, 3.63) is 145 Å². The molecule has 0 heteroatoms. The Balaban J connectivity index is 1.70. The summed E-state index contributed by atoms with van der Waals surface area (Å²) in [6, 6.07) is 13.2. The Morgan fingerprint density at radius 2 is 0.711 bits per heavy atom. The predicted molar refractivity (Wildman–Crippen MR) is 165 cm³/mol. The zero-order valence-corrected chi connectivity index (χ0v) is 19.9. The summed E-state index contributed by atoms with van der Waals surface area (Å²) in [4.78, 5) is 0. The molecule has 0 aliphatic heterocycles. The minimum atomic E-state index is -0.702. The van der Waals surface area contributed by atoms with Crippen LogP contribution in [-0.2, 0) is 0 Å². The van der Waals surface area contributed by atoms with Crippen LogP contribution in [0, 0.1) is 0 Å². The highest BCUT2D eigenvalue weighted by atomic mass is 14.2. The molecule has 0 radical (unpaired) electrons. The maximum Gasteiger partial charge on any atom is 0.0629 e. The zero-order valence-electron chi connectivity index (χ0n) is 32.9. The number of rotatable bonds is 2. The highest BCUT2D eigenvalue weighted by molar-refractivity contribution is 6.27. The summed E-state index contributed by atoms with van der Waals surface area (Å²) in [7, 11) is 0. The van der Waals surface area contributed by atoms with E-state index in [0.29, 0.717) is 5.56 Å². The molecule has 0 amide bonds. The van der Waals surface area contributed by atoms with Gasteiger partial charge in [-0.2, -0.15) is 0 Å². The molecule has 8 aromatic carbocycles. The molecule has 38 heavy (non-hydrogen) atoms. The highest BCUT2D eigenvalue weighted by Gasteiger charge is 2.17. The summed E-state index contributed by atoms with van der Waals surface area (Å²) < 4.78 is 114. The van der Waals surface area contributed by atoms with Gasteiger partial charge in [-0.15, -0.1) is 0 Å². The Bertz CT molecular complexity index is 2750. The average molecular weight is 494 g/mol. The lowest BCUT2D eigenvalue weighted by molar-refractivity contribution is 1.66. The van der Waals surface area contributed by atoms with Crippen molar-refractivity contribution >= 4 is 53.9 Å². The molecule has 0 aliphatic rings. The van der Waals surface area contributed by atoms with Crippen molar-refractivity contribution in [2.75, 3.05) is 0 Å². The molecule has 0 bridgehead atoms. The van der Waals surface area contributed by atoms with E-state index in [-0.39, 0.29) is 32.7 Å². The third-order valence-corrected chi connectivity index (χ3v) is 7.16. The van der Waals surface area contributed by atoms with Crippen LogP contribution in [0.15, 0.2) is 145 Å². The molecule has 8 aromatic rings. The summed E-state index contributed by atoms with van der Waals surface area (Å²) in [6.07, 6.45) is 0. The third kappa shape index (κ3) is 3.04. The van der Waals surface area contributed by atoms with E-state index in [9.17, 15) is 2.74 Å². The molecular weight excluding hydrogens is 456 g/mol. The van der Waals surface area contributed by atoms with Crippen LogP contribution < -0.4 is 0 Å². The van der Waals surface area contributed by atoms with Gasteiger partial charge in [0.2, 0.25) is 0 Å². The number of fused-ring (bicyclic) bond motifs is 8. The first-order valence-corrected chi connectivity index (χ1v) is 12.1. The van der Waals surface area contributed by atoms with Gasteiger partial charge in [-0.3, -0.25) is 0 Å². The molecule has 0 heterocycles. The fourth-order valence-electron chi connectivity index (χ4n) is 5.60. The normalized spacial score (nSPS) is 16.5. The van der Waals surface area contributed by atoms with E-state index in [1.807, 2.05) is 60.7 Å². The Hall–Kier alpha value is -4.94. The van der Waals surface area contributed by atoms with Crippen molar-refractivity contribution in [2.45, 2.75) is 0 Å². The van der Waals surface area contributed by atoms with E-state index in [1.165, 1.54) is 0 Å². The second kappa shape index (κ2) is 8.30. The summed E-state index contributed by atoms with van der Waals surface area (Å²) >= 11 is 0. The summed E-state index contributed by atoms with van der Waals surface area (Å²) in [5, 5.41) is 4.94. The van der Waals surface area contributed by atoms with Crippen molar-refractivity contribution in [3.63, 3.8) is 0 Å². The topological polar surface area (TPSA) is 0 Å². The fourth-order valence-corrected chi connectivity index (χ4v) is 5.60. The average Bonchev–Trinajstić information content (AvgIpc) is 3.15. The van der Waals surface area contributed by atoms with Gasteiger partial charge in [-0.1, -0.05) is 139 Å². The molecule has 0 saturated carbocycles. The first-order valence-electron chi connectivity index (χ1n) is 18.6. The van der Waals surface area contributed by atoms with E-state index in [0.717, 1.165) is 32.3 Å². The van der Waals surface area contributed by atoms with Gasteiger partial charge in [0.25, 0.3) is 0 Å². The SMILES string of the molecule is [2H]c1c([2H])c([2H])c(-c2c3c([2H])c([2H])c([2H])c([2H])c3c(-c3ccc4c5ccccc5c5ccccc5c4c3)c3c([2H])c([2H])c([2H])c([2H])c23)c([2H])c1[2H]. The van der Waals surface area contributed by atoms with E-state index in [1.54, 1.807) is 6.07 Å². The minimum absolute atomic E-state index is 0.106. The summed E-state index contributed by atoms with van der Waals surface area (Å²) in [5.74, 6) is 0. The smallest absolute Gasteiger partial charge is 0.0622 e. The van der Waals surface area contributed by atoms with Crippen molar-refractivity contribution in [1.29, 1.82) is 0 Å². The molecule has 0 aliphatic carbocycles. The number of hydrogen-bond acceptors (Lipinski definition) is 0. The lowest BCUT2D eigenvalue weighted by Gasteiger charge is -2.18. The highest BCUT2D eigenvalue weighted by Crippen LogP contribution is 2.45. The Morgan fingerprint density at radius 3 is 1.21 bits per heavy atom. The van der Waals surface area contributed by atoms with Gasteiger partial charge in [0.05, 0.1) is 17.8 Å². The van der Waals surface area contributed by atoms with Crippen LogP contribution in [-0.4, -0.2) is 0 Å². The van der Waals surface area contributed by atoms with Gasteiger partial charge < -0.3 is 0 Å². The molecule has 0 N–H and O–H groups in total. The van der Waals surface area contributed by atoms with Gasteiger partial charge in [0.1, 0.15) is 0 Å². The molecule has 0 atom stereocenters. The van der Waals surface area contributed by atoms with E-state index >= 15 is 0 Å². The van der Waals surface area contributed by atoms with Gasteiger partial charge >= 0.3 is 0 Å². The third-order valence-electron chi connectivity index (χ3n) is 7.16. The second-order valence-electron chi connectivity index (χ2n) is 9.10. The fraction of sp³-hybridized carbons (Fsp3) is 0. The molecule has 8 rings (SSSR count). The standard InChI is InChI=1S/C38H24/c1-2-12-25(13-3-1)37-32-18-8-10-20-34(32)38(35-21-11-9-19-33(35)37)26-22-23-31-29-16-5-4-14-27(29)28-15-6-7-17-30(28)36(31)24-26/h1-24H/i1D,2D,3D,8D,9D,10D,11D,12D,13D,18D,19D,20D,21D. The van der Waals surface area contributed by atoms with Crippen LogP contribution in [0.5, 0.6) is 0 Å². The minimum Gasteiger partial charge on any atom is -0.0622 e. The molecular formula is C38H24. The van der Waals surface area contributed by atoms with Crippen LogP contribution in [0.1, 0.15) is 17.8 Å². The van der Waals surface area contributed by atoms with Crippen molar-refractivity contribution < 1.29 is 17.8 Å². The Morgan fingerprint density at radius 1 is 0.316 bits per heavy atom. The lowest BCUT2D eigenvalue weighted by Crippen LogP contribution is -1.91. The summed E-state index contributed by atoms with van der Waals surface area (Å²) in [6.45, 7) is 0. The van der Waals surface area contributed by atoms with E-state index in [4.69, 9.17) is 15.1 Å². The van der Waals surface area contributed by atoms with Crippen molar-refractivity contribution in [1.82, 2.24) is 0 Å². The molecule has 0 nitrogen and oxygen atoms in total. The maximum absolute atomic E-state index is 9.22. The first kappa shape index (κ1) is 12.1. The van der Waals surface area contributed by atoms with Crippen LogP contribution in [0.3, 0.4) is 0 Å². The second-order valence-corrected chi connectivity index (χ2v) is 9.10. The number of hydrogen-bond donors (Lipinski definition) is 0. The Labute approximate surface area is 239 Å². The van der Waals surface area contributed by atoms with Crippen LogP contribution in [0.4, 0.5) is 0 Å². The van der Waals surface area contributed by atoms with E-state index in [2.05, 4.69) is 0 Å². The van der Waals surface area contributed by atoms with Gasteiger partial charge in [-0.25, -0.2) is 0 Å². The van der Waals surface area contributed by atoms with E-state index < -0.39 is 84.1 Å². The monoisotopic (exact) mass is 493 g/mol. The summed E-state index contributed by atoms with van der Waals surface area (Å²) in [5.41, 5.74) is -0.222. The zero-order chi connectivity index (χ0) is 36.4. The van der Waals surface area contributed by atoms with Crippen LogP contribution in [0.2, 0.25) is 0 Å². The number of benzene rings is 8. The van der Waals surface area contributed by atoms with Gasteiger partial charge in [-0.05, 0) is 82.2 Å². The molecule has 0 aromatic heterocycles. The molecule has 0 spiro atoms. The largest absolute Gasteiger partial charge is 0.0629 e. The van der Waals surface area contributed by atoms with Crippen molar-refractivity contribution in [2.24, 2.45) is 0 Å². The quantitative estimate of drug-likeness (QED) is 0.166. The van der Waals surface area contributed by atoms with Crippen molar-refractivity contribution in [3.8, 4) is 22.3 Å². The van der Waals surface area contributed by atoms with Gasteiger partial charge in [0.15, 0.2) is 0 Å². The lowest BCUT2D eigenvalue weighted by atomic mass is 9.85. The van der Waals surface area contributed by atoms with Crippen LogP contribution >= 0.6 is 0 Å². The van der Waals surface area contributed by atoms with Gasteiger partial charge in [0, 0.05) is 0 Å². The molecule has 0 unspecified atom stereocenters. The predicted octanol–water partition coefficient (Wildman–Crippen LogP) is 10.8. The molecule has 0 fully saturated rings. The first-order chi connectivity index (χ1) is 24.3. The molecule has 0 saturated heterocycles. The maximum atomic E-state index is 9.22. The Kier molecular flexibility index (Phi) is 2.63. The van der Waals surface area contributed by atoms with Crippen LogP contribution in [0.25, 0.3) is 76.1 Å². The molecule has 176 valence electrons.